The Hall–Kier alpha value is -4.02. The van der Waals surface area contributed by atoms with E-state index in [4.69, 9.17) is 15.6 Å². The van der Waals surface area contributed by atoms with Crippen LogP contribution >= 0.6 is 0 Å². The van der Waals surface area contributed by atoms with Gasteiger partial charge in [-0.05, 0) is 124 Å². The average Bonchev–Trinajstić information content (AvgIpc) is 3.52. The van der Waals surface area contributed by atoms with E-state index in [2.05, 4.69) is 29.3 Å². The van der Waals surface area contributed by atoms with Crippen molar-refractivity contribution in [3.8, 4) is 22.8 Å². The number of nitrogen functional groups attached to an aromatic ring is 1. The van der Waals surface area contributed by atoms with Gasteiger partial charge in [-0.15, -0.1) is 0 Å². The molecule has 10 heteroatoms. The van der Waals surface area contributed by atoms with Crippen LogP contribution in [-0.2, 0) is 4.79 Å². The van der Waals surface area contributed by atoms with E-state index in [1.54, 1.807) is 6.33 Å². The Morgan fingerprint density at radius 1 is 0.750 bits per heavy atom. The molecule has 7 fully saturated rings. The molecular formula is C42H52N8O2. The van der Waals surface area contributed by atoms with Gasteiger partial charge in [-0.3, -0.25) is 9.69 Å². The molecule has 52 heavy (non-hydrogen) atoms. The van der Waals surface area contributed by atoms with Crippen molar-refractivity contribution in [2.24, 2.45) is 23.2 Å². The maximum Gasteiger partial charge on any atom is 0.223 e. The fraction of sp³-hybridized carbons (Fsp3) is 0.571. The minimum Gasteiger partial charge on any atom is -0.457 e. The maximum absolute atomic E-state index is 13.4. The molecule has 10 nitrogen and oxygen atoms in total. The SMILES string of the molecule is Nc1ncnc2c1c(-c1ccc(Oc3ccccc3)cc1)nn2C1CCN(C2CCN(C3CN(C(=O)CC45CC6CC(CC(C6)C4)C5)C3)CC2)CC1. The Morgan fingerprint density at radius 3 is 2.00 bits per heavy atom. The quantitative estimate of drug-likeness (QED) is 0.214. The second-order valence-corrected chi connectivity index (χ2v) is 17.3. The van der Waals surface area contributed by atoms with Gasteiger partial charge in [-0.25, -0.2) is 14.6 Å². The van der Waals surface area contributed by atoms with E-state index < -0.39 is 0 Å². The molecule has 3 saturated heterocycles. The fourth-order valence-corrected chi connectivity index (χ4v) is 11.7. The standard InChI is InChI=1S/C42H52N8O2/c43-40-38-39(31-6-8-36(9-7-31)52-35-4-2-1-3-5-35)46-50(41(38)45-27-44-40)33-12-16-47(17-13-33)32-10-14-48(15-11-32)34-25-49(26-34)37(51)24-42-21-28-18-29(22-42)20-30(19-28)23-42/h1-9,27-30,32-34H,10-26H2,(H2,43,44,45). The molecule has 7 aliphatic rings. The molecule has 3 aliphatic heterocycles. The zero-order valence-electron chi connectivity index (χ0n) is 30.3. The van der Waals surface area contributed by atoms with Gasteiger partial charge in [-0.1, -0.05) is 18.2 Å². The topological polar surface area (TPSA) is 106 Å². The monoisotopic (exact) mass is 700 g/mol. The fourth-order valence-electron chi connectivity index (χ4n) is 11.7. The number of hydrogen-bond acceptors (Lipinski definition) is 8. The van der Waals surface area contributed by atoms with E-state index in [1.807, 2.05) is 54.6 Å². The van der Waals surface area contributed by atoms with Crippen LogP contribution in [0.5, 0.6) is 11.5 Å². The summed E-state index contributed by atoms with van der Waals surface area (Å²) in [6.45, 7) is 6.30. The summed E-state index contributed by atoms with van der Waals surface area (Å²) in [4.78, 5) is 30.1. The van der Waals surface area contributed by atoms with Gasteiger partial charge >= 0.3 is 0 Å². The van der Waals surface area contributed by atoms with E-state index in [0.29, 0.717) is 29.2 Å². The van der Waals surface area contributed by atoms with Crippen LogP contribution in [-0.4, -0.2) is 91.7 Å². The third-order valence-corrected chi connectivity index (χ3v) is 13.9. The smallest absolute Gasteiger partial charge is 0.223 e. The number of hydrogen-bond donors (Lipinski definition) is 1. The number of carbonyl (C=O) groups excluding carboxylic acids is 1. The van der Waals surface area contributed by atoms with Crippen molar-refractivity contribution in [2.75, 3.05) is 45.0 Å². The maximum atomic E-state index is 13.4. The summed E-state index contributed by atoms with van der Waals surface area (Å²) < 4.78 is 8.14. The molecule has 0 unspecified atom stereocenters. The molecule has 272 valence electrons. The average molecular weight is 701 g/mol. The van der Waals surface area contributed by atoms with Crippen molar-refractivity contribution >= 4 is 22.8 Å². The summed E-state index contributed by atoms with van der Waals surface area (Å²) in [5.74, 6) is 5.23. The number of aromatic nitrogens is 4. The number of para-hydroxylation sites is 1. The van der Waals surface area contributed by atoms with Crippen molar-refractivity contribution in [1.29, 1.82) is 0 Å². The number of piperidine rings is 2. The Labute approximate surface area is 306 Å². The summed E-state index contributed by atoms with van der Waals surface area (Å²) in [6, 6.07) is 19.3. The van der Waals surface area contributed by atoms with Crippen LogP contribution in [0.15, 0.2) is 60.9 Å². The summed E-state index contributed by atoms with van der Waals surface area (Å²) in [5, 5.41) is 5.97. The van der Waals surface area contributed by atoms with Crippen LogP contribution < -0.4 is 10.5 Å². The van der Waals surface area contributed by atoms with Gasteiger partial charge < -0.3 is 20.3 Å². The molecule has 2 aromatic heterocycles. The molecule has 5 heterocycles. The Kier molecular flexibility index (Phi) is 8.23. The number of carbonyl (C=O) groups is 1. The number of fused-ring (bicyclic) bond motifs is 1. The first-order valence-electron chi connectivity index (χ1n) is 20.0. The summed E-state index contributed by atoms with van der Waals surface area (Å²) >= 11 is 0. The lowest BCUT2D eigenvalue weighted by atomic mass is 9.49. The first kappa shape index (κ1) is 32.6. The van der Waals surface area contributed by atoms with Gasteiger partial charge in [0.2, 0.25) is 5.91 Å². The number of ether oxygens (including phenoxy) is 1. The van der Waals surface area contributed by atoms with E-state index in [1.165, 1.54) is 51.4 Å². The highest BCUT2D eigenvalue weighted by Gasteiger charge is 2.52. The second kappa shape index (κ2) is 13.1. The van der Waals surface area contributed by atoms with Crippen LogP contribution in [0.25, 0.3) is 22.3 Å². The third-order valence-electron chi connectivity index (χ3n) is 13.9. The van der Waals surface area contributed by atoms with Crippen molar-refractivity contribution in [2.45, 2.75) is 88.8 Å². The molecule has 4 saturated carbocycles. The molecule has 4 aromatic rings. The Bertz CT molecular complexity index is 1870. The summed E-state index contributed by atoms with van der Waals surface area (Å²) in [7, 11) is 0. The van der Waals surface area contributed by atoms with Crippen LogP contribution in [0.1, 0.15) is 76.7 Å². The minimum atomic E-state index is 0.263. The van der Waals surface area contributed by atoms with Crippen molar-refractivity contribution < 1.29 is 9.53 Å². The molecule has 4 aliphatic carbocycles. The van der Waals surface area contributed by atoms with E-state index in [0.717, 1.165) is 110 Å². The van der Waals surface area contributed by atoms with Crippen LogP contribution in [0, 0.1) is 23.2 Å². The molecule has 0 spiro atoms. The number of nitrogens with zero attached hydrogens (tertiary/aromatic N) is 7. The van der Waals surface area contributed by atoms with Gasteiger partial charge in [0.05, 0.1) is 11.4 Å². The predicted octanol–water partition coefficient (Wildman–Crippen LogP) is 6.79. The van der Waals surface area contributed by atoms with Crippen LogP contribution in [0.2, 0.25) is 0 Å². The molecule has 4 bridgehead atoms. The molecule has 0 atom stereocenters. The number of nitrogens with two attached hydrogens (primary N) is 1. The highest BCUT2D eigenvalue weighted by molar-refractivity contribution is 5.98. The second-order valence-electron chi connectivity index (χ2n) is 17.3. The van der Waals surface area contributed by atoms with Crippen molar-refractivity contribution in [1.82, 2.24) is 34.4 Å². The molecule has 11 rings (SSSR count). The first-order valence-corrected chi connectivity index (χ1v) is 20.0. The van der Waals surface area contributed by atoms with Crippen LogP contribution in [0.3, 0.4) is 0 Å². The van der Waals surface area contributed by atoms with Crippen molar-refractivity contribution in [3.05, 3.63) is 60.9 Å². The largest absolute Gasteiger partial charge is 0.457 e. The first-order chi connectivity index (χ1) is 25.4. The van der Waals surface area contributed by atoms with E-state index in [9.17, 15) is 4.79 Å². The molecule has 2 aromatic carbocycles. The van der Waals surface area contributed by atoms with Gasteiger partial charge in [-0.2, -0.15) is 5.10 Å². The molecular weight excluding hydrogens is 649 g/mol. The zero-order valence-corrected chi connectivity index (χ0v) is 30.3. The third kappa shape index (κ3) is 6.05. The normalized spacial score (nSPS) is 28.8. The van der Waals surface area contributed by atoms with Gasteiger partial charge in [0.15, 0.2) is 5.65 Å². The predicted molar refractivity (Wildman–Crippen MR) is 202 cm³/mol. The molecule has 0 radical (unpaired) electrons. The van der Waals surface area contributed by atoms with Crippen molar-refractivity contribution in [3.63, 3.8) is 0 Å². The number of anilines is 1. The summed E-state index contributed by atoms with van der Waals surface area (Å²) in [6.07, 6.45) is 15.2. The lowest BCUT2D eigenvalue weighted by molar-refractivity contribution is -0.147. The number of benzene rings is 2. The summed E-state index contributed by atoms with van der Waals surface area (Å²) in [5.41, 5.74) is 9.40. The van der Waals surface area contributed by atoms with E-state index >= 15 is 0 Å². The Balaban J connectivity index is 0.728. The lowest BCUT2D eigenvalue weighted by Gasteiger charge is -2.57. The molecule has 1 amide bonds. The Morgan fingerprint density at radius 2 is 1.35 bits per heavy atom. The number of amides is 1. The number of likely N-dealkylation sites (tertiary alicyclic amines) is 3. The zero-order chi connectivity index (χ0) is 34.8. The highest BCUT2D eigenvalue weighted by Crippen LogP contribution is 2.61. The highest BCUT2D eigenvalue weighted by atomic mass is 16.5. The van der Waals surface area contributed by atoms with Gasteiger partial charge in [0.1, 0.15) is 29.3 Å². The minimum absolute atomic E-state index is 0.263. The van der Waals surface area contributed by atoms with Crippen LogP contribution in [0.4, 0.5) is 5.82 Å². The lowest BCUT2D eigenvalue weighted by Crippen LogP contribution is -2.63. The van der Waals surface area contributed by atoms with E-state index in [-0.39, 0.29) is 6.04 Å². The molecule has 2 N–H and O–H groups in total. The van der Waals surface area contributed by atoms with Gasteiger partial charge in [0, 0.05) is 63.3 Å². The number of rotatable bonds is 8. The van der Waals surface area contributed by atoms with Gasteiger partial charge in [0.25, 0.3) is 0 Å².